The van der Waals surface area contributed by atoms with Gasteiger partial charge in [-0.2, -0.15) is 0 Å². The molecule has 0 heterocycles. The zero-order valence-corrected chi connectivity index (χ0v) is 15.7. The van der Waals surface area contributed by atoms with Gasteiger partial charge >= 0.3 is 0 Å². The maximum absolute atomic E-state index is 12.8. The summed E-state index contributed by atoms with van der Waals surface area (Å²) < 4.78 is 0. The third kappa shape index (κ3) is 4.35. The van der Waals surface area contributed by atoms with Crippen molar-refractivity contribution in [3.63, 3.8) is 0 Å². The molecule has 0 aliphatic rings. The number of nitro groups is 1. The molecule has 27 heavy (non-hydrogen) atoms. The first-order valence-corrected chi connectivity index (χ1v) is 9.16. The van der Waals surface area contributed by atoms with E-state index in [1.165, 1.54) is 17.8 Å². The normalized spacial score (nSPS) is 10.4. The number of hydrogen-bond donors (Lipinski definition) is 1. The molecular formula is C21H18N2O3S. The van der Waals surface area contributed by atoms with E-state index in [1.54, 1.807) is 36.4 Å². The number of hydrogen-bond acceptors (Lipinski definition) is 4. The summed E-state index contributed by atoms with van der Waals surface area (Å²) >= 11 is 1.21. The summed E-state index contributed by atoms with van der Waals surface area (Å²) in [6, 6.07) is 19.5. The Labute approximate surface area is 161 Å². The number of amides is 1. The van der Waals surface area contributed by atoms with Crippen molar-refractivity contribution in [3.05, 3.63) is 93.5 Å². The van der Waals surface area contributed by atoms with E-state index in [2.05, 4.69) is 5.32 Å². The Morgan fingerprint density at radius 2 is 1.63 bits per heavy atom. The molecule has 0 atom stereocenters. The van der Waals surface area contributed by atoms with Gasteiger partial charge in [0.25, 0.3) is 11.6 Å². The molecule has 0 aromatic heterocycles. The van der Waals surface area contributed by atoms with Crippen molar-refractivity contribution < 1.29 is 9.72 Å². The number of carbonyl (C=O) groups excluding carboxylic acids is 1. The highest BCUT2D eigenvalue weighted by atomic mass is 32.2. The lowest BCUT2D eigenvalue weighted by Crippen LogP contribution is -2.14. The number of rotatable bonds is 5. The van der Waals surface area contributed by atoms with E-state index >= 15 is 0 Å². The monoisotopic (exact) mass is 378 g/mol. The molecule has 3 aromatic carbocycles. The summed E-state index contributed by atoms with van der Waals surface area (Å²) in [5, 5.41) is 14.2. The average Bonchev–Trinajstić information content (AvgIpc) is 2.65. The molecule has 0 unspecified atom stereocenters. The Morgan fingerprint density at radius 3 is 2.37 bits per heavy atom. The molecule has 136 valence electrons. The van der Waals surface area contributed by atoms with Crippen LogP contribution in [0, 0.1) is 24.0 Å². The summed E-state index contributed by atoms with van der Waals surface area (Å²) in [5.74, 6) is -0.245. The van der Waals surface area contributed by atoms with Crippen molar-refractivity contribution in [1.29, 1.82) is 0 Å². The molecule has 0 fully saturated rings. The van der Waals surface area contributed by atoms with Crippen LogP contribution in [0.5, 0.6) is 0 Å². The van der Waals surface area contributed by atoms with Crippen LogP contribution in [0.2, 0.25) is 0 Å². The molecule has 0 spiro atoms. The number of nitrogens with one attached hydrogen (secondary N) is 1. The minimum Gasteiger partial charge on any atom is -0.322 e. The Balaban J connectivity index is 1.91. The van der Waals surface area contributed by atoms with Gasteiger partial charge in [0.1, 0.15) is 0 Å². The van der Waals surface area contributed by atoms with Gasteiger partial charge in [0.2, 0.25) is 0 Å². The second kappa shape index (κ2) is 8.05. The van der Waals surface area contributed by atoms with Crippen molar-refractivity contribution in [2.24, 2.45) is 0 Å². The standard InChI is InChI=1S/C21H18N2O3S/c1-14-11-12-15(2)17(13-14)22-21(24)16-7-3-5-9-19(16)27-20-10-6-4-8-18(20)23(25)26/h3-13H,1-2H3,(H,22,24). The van der Waals surface area contributed by atoms with E-state index in [0.717, 1.165) is 16.8 Å². The lowest BCUT2D eigenvalue weighted by atomic mass is 10.1. The molecule has 1 amide bonds. The molecule has 0 saturated carbocycles. The van der Waals surface area contributed by atoms with E-state index in [1.807, 2.05) is 38.1 Å². The van der Waals surface area contributed by atoms with Crippen molar-refractivity contribution in [2.45, 2.75) is 23.6 Å². The van der Waals surface area contributed by atoms with E-state index in [0.29, 0.717) is 15.4 Å². The lowest BCUT2D eigenvalue weighted by Gasteiger charge is -2.12. The molecule has 0 bridgehead atoms. The summed E-state index contributed by atoms with van der Waals surface area (Å²) in [4.78, 5) is 24.8. The number of para-hydroxylation sites is 1. The zero-order chi connectivity index (χ0) is 19.4. The molecule has 0 aliphatic heterocycles. The first-order chi connectivity index (χ1) is 13.0. The Hall–Kier alpha value is -3.12. The first kappa shape index (κ1) is 18.7. The quantitative estimate of drug-likeness (QED) is 0.462. The SMILES string of the molecule is Cc1ccc(C)c(NC(=O)c2ccccc2Sc2ccccc2[N+](=O)[O-])c1. The second-order valence-corrected chi connectivity index (χ2v) is 7.18. The molecule has 3 rings (SSSR count). The van der Waals surface area contributed by atoms with Gasteiger partial charge in [0, 0.05) is 16.6 Å². The first-order valence-electron chi connectivity index (χ1n) is 8.34. The Morgan fingerprint density at radius 1 is 0.963 bits per heavy atom. The number of benzene rings is 3. The fourth-order valence-electron chi connectivity index (χ4n) is 2.62. The zero-order valence-electron chi connectivity index (χ0n) is 14.9. The van der Waals surface area contributed by atoms with E-state index in [9.17, 15) is 14.9 Å². The van der Waals surface area contributed by atoms with Gasteiger partial charge in [-0.1, -0.05) is 48.2 Å². The van der Waals surface area contributed by atoms with Crippen molar-refractivity contribution in [3.8, 4) is 0 Å². The molecule has 3 aromatic rings. The minimum absolute atomic E-state index is 0.0206. The number of aryl methyl sites for hydroxylation is 2. The van der Waals surface area contributed by atoms with Crippen LogP contribution in [0.15, 0.2) is 76.5 Å². The van der Waals surface area contributed by atoms with Crippen molar-refractivity contribution in [2.75, 3.05) is 5.32 Å². The minimum atomic E-state index is -0.416. The van der Waals surface area contributed by atoms with E-state index < -0.39 is 4.92 Å². The van der Waals surface area contributed by atoms with Crippen LogP contribution in [0.25, 0.3) is 0 Å². The molecule has 6 heteroatoms. The lowest BCUT2D eigenvalue weighted by molar-refractivity contribution is -0.387. The Bertz CT molecular complexity index is 1020. The van der Waals surface area contributed by atoms with Crippen LogP contribution in [0.3, 0.4) is 0 Å². The highest BCUT2D eigenvalue weighted by Gasteiger charge is 2.18. The van der Waals surface area contributed by atoms with Gasteiger partial charge in [-0.25, -0.2) is 0 Å². The predicted octanol–water partition coefficient (Wildman–Crippen LogP) is 5.62. The van der Waals surface area contributed by atoms with Gasteiger partial charge in [0.15, 0.2) is 0 Å². The Kier molecular flexibility index (Phi) is 5.57. The van der Waals surface area contributed by atoms with Crippen LogP contribution in [0.4, 0.5) is 11.4 Å². The van der Waals surface area contributed by atoms with Crippen molar-refractivity contribution in [1.82, 2.24) is 0 Å². The number of anilines is 1. The predicted molar refractivity (Wildman–Crippen MR) is 108 cm³/mol. The average molecular weight is 378 g/mol. The third-order valence-electron chi connectivity index (χ3n) is 4.05. The second-order valence-electron chi connectivity index (χ2n) is 6.10. The van der Waals surface area contributed by atoms with Gasteiger partial charge < -0.3 is 5.32 Å². The van der Waals surface area contributed by atoms with Crippen LogP contribution >= 0.6 is 11.8 Å². The highest BCUT2D eigenvalue weighted by molar-refractivity contribution is 7.99. The molecule has 0 saturated heterocycles. The molecule has 5 nitrogen and oxygen atoms in total. The van der Waals surface area contributed by atoms with Gasteiger partial charge in [-0.15, -0.1) is 0 Å². The topological polar surface area (TPSA) is 72.2 Å². The number of carbonyl (C=O) groups is 1. The smallest absolute Gasteiger partial charge is 0.283 e. The van der Waals surface area contributed by atoms with E-state index in [4.69, 9.17) is 0 Å². The summed E-state index contributed by atoms with van der Waals surface area (Å²) in [5.41, 5.74) is 3.27. The van der Waals surface area contributed by atoms with Gasteiger partial charge in [0.05, 0.1) is 15.4 Å². The third-order valence-corrected chi connectivity index (χ3v) is 5.20. The van der Waals surface area contributed by atoms with Crippen LogP contribution in [0.1, 0.15) is 21.5 Å². The number of nitro benzene ring substituents is 1. The van der Waals surface area contributed by atoms with Crippen LogP contribution in [-0.2, 0) is 0 Å². The molecular weight excluding hydrogens is 360 g/mol. The van der Waals surface area contributed by atoms with Crippen LogP contribution in [-0.4, -0.2) is 10.8 Å². The number of nitrogens with zero attached hydrogens (tertiary/aromatic N) is 1. The molecule has 0 radical (unpaired) electrons. The van der Waals surface area contributed by atoms with Crippen molar-refractivity contribution >= 4 is 29.0 Å². The van der Waals surface area contributed by atoms with Crippen LogP contribution < -0.4 is 5.32 Å². The van der Waals surface area contributed by atoms with Gasteiger partial charge in [-0.05, 0) is 49.2 Å². The molecule has 1 N–H and O–H groups in total. The fourth-order valence-corrected chi connectivity index (χ4v) is 3.66. The van der Waals surface area contributed by atoms with E-state index in [-0.39, 0.29) is 11.6 Å². The molecule has 0 aliphatic carbocycles. The highest BCUT2D eigenvalue weighted by Crippen LogP contribution is 2.36. The van der Waals surface area contributed by atoms with Gasteiger partial charge in [-0.3, -0.25) is 14.9 Å². The largest absolute Gasteiger partial charge is 0.322 e. The maximum Gasteiger partial charge on any atom is 0.283 e. The summed E-state index contributed by atoms with van der Waals surface area (Å²) in [7, 11) is 0. The maximum atomic E-state index is 12.8. The fraction of sp³-hybridized carbons (Fsp3) is 0.0952. The summed E-state index contributed by atoms with van der Waals surface area (Å²) in [6.07, 6.45) is 0. The summed E-state index contributed by atoms with van der Waals surface area (Å²) in [6.45, 7) is 3.90.